The predicted octanol–water partition coefficient (Wildman–Crippen LogP) is 4.18. The maximum atomic E-state index is 12.6. The van der Waals surface area contributed by atoms with Gasteiger partial charge in [-0.05, 0) is 42.5 Å². The first-order valence-electron chi connectivity index (χ1n) is 10.5. The summed E-state index contributed by atoms with van der Waals surface area (Å²) in [6.45, 7) is 0.544. The van der Waals surface area contributed by atoms with Crippen molar-refractivity contribution in [2.24, 2.45) is 5.92 Å². The normalized spacial score (nSPS) is 15.5. The van der Waals surface area contributed by atoms with E-state index in [1.54, 1.807) is 18.0 Å². The first-order chi connectivity index (χ1) is 14.5. The fraction of sp³-hybridized carbons (Fsp3) is 0.524. The Morgan fingerprint density at radius 2 is 2.10 bits per heavy atom. The van der Waals surface area contributed by atoms with Crippen molar-refractivity contribution in [2.75, 3.05) is 17.6 Å². The lowest BCUT2D eigenvalue weighted by atomic mass is 9.86. The van der Waals surface area contributed by atoms with E-state index in [0.29, 0.717) is 35.6 Å². The molecule has 9 heteroatoms. The number of fused-ring (bicyclic) bond motifs is 1. The summed E-state index contributed by atoms with van der Waals surface area (Å²) >= 11 is 0. The molecule has 3 aromatic rings. The van der Waals surface area contributed by atoms with Gasteiger partial charge in [0.25, 0.3) is 0 Å². The first kappa shape index (κ1) is 20.7. The van der Waals surface area contributed by atoms with E-state index in [1.165, 1.54) is 32.1 Å². The molecule has 1 saturated carbocycles. The van der Waals surface area contributed by atoms with Crippen molar-refractivity contribution in [3.8, 4) is 5.75 Å². The molecule has 0 spiro atoms. The summed E-state index contributed by atoms with van der Waals surface area (Å²) in [7, 11) is -1.97. The Balaban J connectivity index is 1.46. The number of anilines is 1. The van der Waals surface area contributed by atoms with Crippen molar-refractivity contribution in [1.29, 1.82) is 0 Å². The zero-order valence-corrected chi connectivity index (χ0v) is 18.0. The Hall–Kier alpha value is -2.55. The molecule has 0 saturated heterocycles. The topological polar surface area (TPSA) is 99.2 Å². The highest BCUT2D eigenvalue weighted by atomic mass is 32.2. The van der Waals surface area contributed by atoms with E-state index in [4.69, 9.17) is 9.26 Å². The number of nitrogens with one attached hydrogen (secondary N) is 1. The van der Waals surface area contributed by atoms with Crippen LogP contribution >= 0.6 is 0 Å². The highest BCUT2D eigenvalue weighted by Crippen LogP contribution is 2.34. The van der Waals surface area contributed by atoms with Crippen LogP contribution in [-0.4, -0.2) is 36.2 Å². The van der Waals surface area contributed by atoms with Gasteiger partial charge in [0.05, 0.1) is 19.4 Å². The van der Waals surface area contributed by atoms with E-state index in [-0.39, 0.29) is 11.6 Å². The molecule has 1 fully saturated rings. The number of hydrogen-bond acceptors (Lipinski definition) is 6. The summed E-state index contributed by atoms with van der Waals surface area (Å²) < 4.78 is 40.5. The second kappa shape index (κ2) is 9.07. The monoisotopic (exact) mass is 432 g/mol. The maximum Gasteiger partial charge on any atom is 0.233 e. The summed E-state index contributed by atoms with van der Waals surface area (Å²) in [6, 6.07) is 5.53. The Morgan fingerprint density at radius 1 is 1.27 bits per heavy atom. The zero-order valence-electron chi connectivity index (χ0n) is 17.2. The molecule has 0 radical (unpaired) electrons. The Labute approximate surface area is 176 Å². The summed E-state index contributed by atoms with van der Waals surface area (Å²) in [5.41, 5.74) is 1.39. The van der Waals surface area contributed by atoms with Crippen LogP contribution in [0.25, 0.3) is 11.0 Å². The number of methoxy groups -OCH3 is 1. The largest absolute Gasteiger partial charge is 0.496 e. The van der Waals surface area contributed by atoms with Gasteiger partial charge in [0, 0.05) is 12.4 Å². The molecule has 1 aliphatic rings. The fourth-order valence-corrected chi connectivity index (χ4v) is 5.31. The lowest BCUT2D eigenvalue weighted by molar-refractivity contribution is 0.337. The van der Waals surface area contributed by atoms with Gasteiger partial charge in [0.15, 0.2) is 11.4 Å². The van der Waals surface area contributed by atoms with Gasteiger partial charge in [-0.3, -0.25) is 9.40 Å². The van der Waals surface area contributed by atoms with Crippen LogP contribution in [0, 0.1) is 5.92 Å². The number of nitrogens with zero attached hydrogens (tertiary/aromatic N) is 3. The van der Waals surface area contributed by atoms with Gasteiger partial charge in [0.2, 0.25) is 10.0 Å². The first-order valence-corrected chi connectivity index (χ1v) is 12.1. The lowest BCUT2D eigenvalue weighted by Gasteiger charge is -2.21. The third-order valence-corrected chi connectivity index (χ3v) is 7.05. The molecule has 0 atom stereocenters. The van der Waals surface area contributed by atoms with E-state index in [1.807, 2.05) is 24.4 Å². The van der Waals surface area contributed by atoms with Gasteiger partial charge in [-0.15, -0.1) is 0 Å². The van der Waals surface area contributed by atoms with Crippen LogP contribution in [0.15, 0.2) is 35.1 Å². The van der Waals surface area contributed by atoms with Gasteiger partial charge < -0.3 is 9.26 Å². The number of aromatic nitrogens is 3. The van der Waals surface area contributed by atoms with Crippen LogP contribution < -0.4 is 9.46 Å². The minimum absolute atomic E-state index is 0.0809. The van der Waals surface area contributed by atoms with E-state index in [0.717, 1.165) is 12.0 Å². The number of ether oxygens (including phenoxy) is 1. The minimum Gasteiger partial charge on any atom is -0.496 e. The third-order valence-electron chi connectivity index (χ3n) is 5.72. The summed E-state index contributed by atoms with van der Waals surface area (Å²) in [5.74, 6) is 1.42. The van der Waals surface area contributed by atoms with Crippen molar-refractivity contribution in [3.05, 3.63) is 36.2 Å². The molecule has 0 unspecified atom stereocenters. The average molecular weight is 433 g/mol. The molecule has 30 heavy (non-hydrogen) atoms. The van der Waals surface area contributed by atoms with Crippen molar-refractivity contribution in [1.82, 2.24) is 14.9 Å². The molecule has 1 aliphatic carbocycles. The van der Waals surface area contributed by atoms with Crippen LogP contribution in [0.4, 0.5) is 5.82 Å². The van der Waals surface area contributed by atoms with E-state index in [9.17, 15) is 8.42 Å². The standard InChI is InChI=1S/C21H28N4O4S/c1-28-18-13-17(15-25-11-6-10-22-25)14-19-20(18)21(23-29-19)24-30(26,27)12-5-9-16-7-3-2-4-8-16/h6,10-11,13-14,16H,2-5,7-9,12,15H2,1H3,(H,23,24). The molecule has 4 rings (SSSR count). The predicted molar refractivity (Wildman–Crippen MR) is 115 cm³/mol. The Bertz CT molecular complexity index is 1070. The third kappa shape index (κ3) is 4.95. The average Bonchev–Trinajstić information content (AvgIpc) is 3.38. The van der Waals surface area contributed by atoms with Gasteiger partial charge in [-0.25, -0.2) is 8.42 Å². The van der Waals surface area contributed by atoms with Crippen molar-refractivity contribution in [3.63, 3.8) is 0 Å². The highest BCUT2D eigenvalue weighted by molar-refractivity contribution is 7.92. The zero-order chi connectivity index (χ0) is 21.0. The minimum atomic E-state index is -3.52. The maximum absolute atomic E-state index is 12.6. The highest BCUT2D eigenvalue weighted by Gasteiger charge is 2.21. The fourth-order valence-electron chi connectivity index (χ4n) is 4.23. The van der Waals surface area contributed by atoms with Crippen LogP contribution in [0.1, 0.15) is 50.5 Å². The van der Waals surface area contributed by atoms with Gasteiger partial charge in [-0.2, -0.15) is 5.10 Å². The molecule has 2 aromatic heterocycles. The molecule has 2 heterocycles. The van der Waals surface area contributed by atoms with Crippen LogP contribution in [0.3, 0.4) is 0 Å². The molecule has 8 nitrogen and oxygen atoms in total. The molecule has 0 aliphatic heterocycles. The number of hydrogen-bond donors (Lipinski definition) is 1. The summed E-state index contributed by atoms with van der Waals surface area (Å²) in [4.78, 5) is 0. The van der Waals surface area contributed by atoms with E-state index in [2.05, 4.69) is 15.0 Å². The van der Waals surface area contributed by atoms with Crippen molar-refractivity contribution >= 4 is 26.8 Å². The molecule has 1 aromatic carbocycles. The Kier molecular flexibility index (Phi) is 6.26. The molecule has 0 amide bonds. The van der Waals surface area contributed by atoms with Gasteiger partial charge in [-0.1, -0.05) is 37.3 Å². The SMILES string of the molecule is COc1cc(Cn2cccn2)cc2onc(NS(=O)(=O)CCCC3CCCCC3)c12. The van der Waals surface area contributed by atoms with Crippen molar-refractivity contribution < 1.29 is 17.7 Å². The van der Waals surface area contributed by atoms with Gasteiger partial charge >= 0.3 is 0 Å². The number of rotatable bonds is 9. The Morgan fingerprint density at radius 3 is 2.83 bits per heavy atom. The van der Waals surface area contributed by atoms with Crippen LogP contribution in [-0.2, 0) is 16.6 Å². The summed E-state index contributed by atoms with van der Waals surface area (Å²) in [5, 5.41) is 8.68. The second-order valence-electron chi connectivity index (χ2n) is 7.97. The van der Waals surface area contributed by atoms with E-state index >= 15 is 0 Å². The molecule has 0 bridgehead atoms. The van der Waals surface area contributed by atoms with E-state index < -0.39 is 10.0 Å². The van der Waals surface area contributed by atoms with Gasteiger partial charge in [0.1, 0.15) is 11.1 Å². The number of sulfonamides is 1. The lowest BCUT2D eigenvalue weighted by Crippen LogP contribution is -2.18. The van der Waals surface area contributed by atoms with Crippen LogP contribution in [0.5, 0.6) is 5.75 Å². The molecule has 162 valence electrons. The molecule has 1 N–H and O–H groups in total. The van der Waals surface area contributed by atoms with Crippen LogP contribution in [0.2, 0.25) is 0 Å². The number of benzene rings is 1. The summed E-state index contributed by atoms with van der Waals surface area (Å²) in [6.07, 6.45) is 11.5. The second-order valence-corrected chi connectivity index (χ2v) is 9.82. The molecular weight excluding hydrogens is 404 g/mol. The quantitative estimate of drug-likeness (QED) is 0.544. The van der Waals surface area contributed by atoms with Crippen molar-refractivity contribution in [2.45, 2.75) is 51.5 Å². The molecular formula is C21H28N4O4S. The smallest absolute Gasteiger partial charge is 0.233 e.